The molecule has 1 heterocycles. The Bertz CT molecular complexity index is 849. The van der Waals surface area contributed by atoms with Gasteiger partial charge in [0.1, 0.15) is 22.4 Å². The number of nitrogens with zero attached hydrogens (tertiary/aromatic N) is 3. The number of carbonyl (C=O) groups is 1. The van der Waals surface area contributed by atoms with Gasteiger partial charge in [0.2, 0.25) is 5.84 Å². The summed E-state index contributed by atoms with van der Waals surface area (Å²) in [6.45, 7) is 1.18. The maximum absolute atomic E-state index is 14.6. The van der Waals surface area contributed by atoms with Gasteiger partial charge in [-0.25, -0.2) is 13.6 Å². The second-order valence-electron chi connectivity index (χ2n) is 5.46. The molecule has 0 saturated carbocycles. The zero-order valence-electron chi connectivity index (χ0n) is 14.2. The van der Waals surface area contributed by atoms with Crippen LogP contribution in [0, 0.1) is 5.82 Å². The molecule has 1 aliphatic heterocycles. The number of nitrogens with one attached hydrogen (secondary N) is 1. The van der Waals surface area contributed by atoms with Crippen LogP contribution in [0.3, 0.4) is 0 Å². The first-order chi connectivity index (χ1) is 13.0. The van der Waals surface area contributed by atoms with Crippen molar-refractivity contribution in [1.29, 1.82) is 0 Å². The predicted octanol–water partition coefficient (Wildman–Crippen LogP) is 1.59. The Morgan fingerprint density at radius 1 is 1.50 bits per heavy atom. The van der Waals surface area contributed by atoms with Crippen LogP contribution >= 0.6 is 12.2 Å². The first kappa shape index (κ1) is 22.0. The van der Waals surface area contributed by atoms with Gasteiger partial charge in [0.15, 0.2) is 23.5 Å². The van der Waals surface area contributed by atoms with E-state index >= 15 is 0 Å². The highest BCUT2D eigenvalue weighted by molar-refractivity contribution is 7.80. The lowest BCUT2D eigenvalue weighted by Crippen LogP contribution is -2.47. The largest absolute Gasteiger partial charge is 0.451 e. The van der Waals surface area contributed by atoms with Gasteiger partial charge >= 0.3 is 6.18 Å². The standard InChI is InChI=1S/C14H15F4N5O3S2/c1-2-22-11(5-24)23(21-13(22)14(16,17)18)10-4-9(20-6-28(25)26)7(12(19)27)3-8(10)15/h3-5,11,20H,2,6H2,1H3,(H2,19,27)(H,25,26). The molecular formula is C14H15F4N5O3S2. The number of carbonyl (C=O) groups excluding carboxylic acids is 1. The molecule has 4 N–H and O–H groups in total. The Kier molecular flexibility index (Phi) is 6.56. The molecule has 2 atom stereocenters. The molecule has 0 bridgehead atoms. The summed E-state index contributed by atoms with van der Waals surface area (Å²) in [5, 5.41) is 6.47. The van der Waals surface area contributed by atoms with Crippen molar-refractivity contribution in [2.45, 2.75) is 19.3 Å². The minimum absolute atomic E-state index is 0.00495. The normalized spacial score (nSPS) is 18.1. The fourth-order valence-electron chi connectivity index (χ4n) is 2.59. The Hall–Kier alpha value is -2.32. The molecule has 28 heavy (non-hydrogen) atoms. The molecule has 0 saturated heterocycles. The number of halogens is 4. The molecule has 0 aromatic heterocycles. The molecule has 8 nitrogen and oxygen atoms in total. The second kappa shape index (κ2) is 8.36. The van der Waals surface area contributed by atoms with E-state index in [1.54, 1.807) is 0 Å². The van der Waals surface area contributed by atoms with Gasteiger partial charge in [-0.1, -0.05) is 12.2 Å². The topological polar surface area (TPSA) is 111 Å². The minimum Gasteiger partial charge on any atom is -0.389 e. The molecule has 0 amide bonds. The van der Waals surface area contributed by atoms with Crippen molar-refractivity contribution in [3.8, 4) is 0 Å². The molecule has 154 valence electrons. The summed E-state index contributed by atoms with van der Waals surface area (Å²) >= 11 is 2.52. The number of rotatable bonds is 7. The van der Waals surface area contributed by atoms with Gasteiger partial charge in [-0.05, 0) is 19.1 Å². The van der Waals surface area contributed by atoms with Gasteiger partial charge in [-0.3, -0.25) is 4.79 Å². The molecule has 0 aliphatic carbocycles. The molecule has 0 spiro atoms. The summed E-state index contributed by atoms with van der Waals surface area (Å²) in [6, 6.07) is 1.86. The van der Waals surface area contributed by atoms with Crippen LogP contribution in [0.4, 0.5) is 28.9 Å². The molecule has 1 aliphatic rings. The van der Waals surface area contributed by atoms with Crippen LogP contribution in [0.2, 0.25) is 0 Å². The second-order valence-corrected chi connectivity index (χ2v) is 6.83. The zero-order valence-corrected chi connectivity index (χ0v) is 15.9. The molecule has 2 unspecified atom stereocenters. The third-order valence-corrected chi connectivity index (χ3v) is 4.36. The van der Waals surface area contributed by atoms with Gasteiger partial charge < -0.3 is 20.5 Å². The van der Waals surface area contributed by atoms with Crippen molar-refractivity contribution < 1.29 is 31.1 Å². The summed E-state index contributed by atoms with van der Waals surface area (Å²) in [6.07, 6.45) is -6.20. The fraction of sp³-hybridized carbons (Fsp3) is 0.357. The van der Waals surface area contributed by atoms with Gasteiger partial charge in [0.25, 0.3) is 0 Å². The molecule has 0 radical (unpaired) electrons. The van der Waals surface area contributed by atoms with Crippen LogP contribution < -0.4 is 16.1 Å². The van der Waals surface area contributed by atoms with Gasteiger partial charge in [0.05, 0.1) is 0 Å². The van der Waals surface area contributed by atoms with E-state index in [-0.39, 0.29) is 29.1 Å². The Balaban J connectivity index is 2.60. The van der Waals surface area contributed by atoms with Crippen molar-refractivity contribution in [3.63, 3.8) is 0 Å². The summed E-state index contributed by atoms with van der Waals surface area (Å²) in [5.74, 6) is -2.86. The molecule has 1 aromatic carbocycles. The number of nitrogens with two attached hydrogens (primary N) is 1. The van der Waals surface area contributed by atoms with Crippen molar-refractivity contribution in [2.75, 3.05) is 22.7 Å². The molecule has 1 aromatic rings. The smallest absolute Gasteiger partial charge is 0.389 e. The Morgan fingerprint density at radius 3 is 2.61 bits per heavy atom. The number of aldehydes is 1. The van der Waals surface area contributed by atoms with E-state index in [1.165, 1.54) is 6.92 Å². The van der Waals surface area contributed by atoms with Crippen LogP contribution in [-0.2, 0) is 15.9 Å². The number of hydrogen-bond acceptors (Lipinski definition) is 7. The first-order valence-electron chi connectivity index (χ1n) is 7.62. The average Bonchev–Trinajstić information content (AvgIpc) is 2.98. The lowest BCUT2D eigenvalue weighted by molar-refractivity contribution is -0.111. The number of alkyl halides is 3. The molecular weight excluding hydrogens is 426 g/mol. The Morgan fingerprint density at radius 2 is 2.14 bits per heavy atom. The van der Waals surface area contributed by atoms with E-state index in [9.17, 15) is 26.6 Å². The summed E-state index contributed by atoms with van der Waals surface area (Å²) in [5.41, 5.74) is 4.99. The lowest BCUT2D eigenvalue weighted by Gasteiger charge is -2.27. The molecule has 14 heteroatoms. The fourth-order valence-corrected chi connectivity index (χ4v) is 3.03. The van der Waals surface area contributed by atoms with Crippen LogP contribution in [0.15, 0.2) is 17.2 Å². The van der Waals surface area contributed by atoms with Crippen LogP contribution in [-0.4, -0.2) is 55.5 Å². The number of amidine groups is 1. The van der Waals surface area contributed by atoms with Gasteiger partial charge in [-0.15, -0.1) is 5.10 Å². The SMILES string of the molecule is CCN1C(C(F)(F)F)=NN(c2cc(NCS(=O)O)c(C(N)=S)cc2F)C1C=O. The van der Waals surface area contributed by atoms with E-state index < -0.39 is 46.6 Å². The number of hydrazone groups is 1. The van der Waals surface area contributed by atoms with Crippen molar-refractivity contribution in [1.82, 2.24) is 4.90 Å². The van der Waals surface area contributed by atoms with E-state index in [4.69, 9.17) is 22.5 Å². The van der Waals surface area contributed by atoms with Gasteiger partial charge in [-0.2, -0.15) is 13.2 Å². The van der Waals surface area contributed by atoms with Crippen molar-refractivity contribution in [2.24, 2.45) is 10.8 Å². The monoisotopic (exact) mass is 441 g/mol. The number of likely N-dealkylation sites (N-methyl/N-ethyl adjacent to an activating group) is 1. The first-order valence-corrected chi connectivity index (χ1v) is 9.31. The number of anilines is 2. The highest BCUT2D eigenvalue weighted by Gasteiger charge is 2.48. The number of hydrogen-bond donors (Lipinski definition) is 3. The van der Waals surface area contributed by atoms with Crippen molar-refractivity contribution >= 4 is 51.8 Å². The summed E-state index contributed by atoms with van der Waals surface area (Å²) < 4.78 is 74.2. The van der Waals surface area contributed by atoms with E-state index in [0.29, 0.717) is 9.91 Å². The maximum atomic E-state index is 14.6. The summed E-state index contributed by atoms with van der Waals surface area (Å²) in [4.78, 5) is 11.9. The van der Waals surface area contributed by atoms with Gasteiger partial charge in [0, 0.05) is 17.8 Å². The molecule has 2 rings (SSSR count). The van der Waals surface area contributed by atoms with E-state index in [1.807, 2.05) is 0 Å². The Labute approximate surface area is 164 Å². The number of benzene rings is 1. The highest BCUT2D eigenvalue weighted by atomic mass is 32.2. The van der Waals surface area contributed by atoms with Crippen LogP contribution in [0.25, 0.3) is 0 Å². The highest BCUT2D eigenvalue weighted by Crippen LogP contribution is 2.35. The predicted molar refractivity (Wildman–Crippen MR) is 99.7 cm³/mol. The third-order valence-electron chi connectivity index (χ3n) is 3.75. The van der Waals surface area contributed by atoms with Crippen LogP contribution in [0.5, 0.6) is 0 Å². The number of thiocarbonyl (C=S) groups is 1. The zero-order chi connectivity index (χ0) is 21.2. The lowest BCUT2D eigenvalue weighted by atomic mass is 10.1. The van der Waals surface area contributed by atoms with E-state index in [2.05, 4.69) is 10.4 Å². The van der Waals surface area contributed by atoms with Crippen molar-refractivity contribution in [3.05, 3.63) is 23.5 Å². The third kappa shape index (κ3) is 4.39. The van der Waals surface area contributed by atoms with Crippen LogP contribution in [0.1, 0.15) is 12.5 Å². The minimum atomic E-state index is -4.86. The maximum Gasteiger partial charge on any atom is 0.451 e. The molecule has 0 fully saturated rings. The summed E-state index contributed by atoms with van der Waals surface area (Å²) in [7, 11) is 0. The quantitative estimate of drug-likeness (QED) is 0.253. The van der Waals surface area contributed by atoms with E-state index in [0.717, 1.165) is 12.1 Å². The average molecular weight is 441 g/mol.